The molecule has 0 saturated heterocycles. The largest absolute Gasteiger partial charge is 0.479 e. The van der Waals surface area contributed by atoms with Crippen molar-refractivity contribution < 1.29 is 9.53 Å². The summed E-state index contributed by atoms with van der Waals surface area (Å²) >= 11 is 0. The Balaban J connectivity index is 2.24. The SMILES string of the molecule is Cc1cc(C)c(C(=O)CC2=NCCO2)c(C)c1. The van der Waals surface area contributed by atoms with E-state index in [1.54, 1.807) is 0 Å². The number of carbonyl (C=O) groups is 1. The standard InChI is InChI=1S/C14H17NO2/c1-9-6-10(2)14(11(3)7-9)12(16)8-13-15-4-5-17-13/h6-7H,4-5,8H2,1-3H3. The minimum atomic E-state index is 0.0978. The quantitative estimate of drug-likeness (QED) is 0.750. The molecule has 3 nitrogen and oxygen atoms in total. The van der Waals surface area contributed by atoms with E-state index in [0.717, 1.165) is 16.7 Å². The molecule has 0 N–H and O–H groups in total. The van der Waals surface area contributed by atoms with Gasteiger partial charge in [-0.2, -0.15) is 0 Å². The molecular formula is C14H17NO2. The zero-order valence-corrected chi connectivity index (χ0v) is 10.5. The summed E-state index contributed by atoms with van der Waals surface area (Å²) in [5.74, 6) is 0.676. The summed E-state index contributed by atoms with van der Waals surface area (Å²) in [5.41, 5.74) is 4.07. The molecule has 0 radical (unpaired) electrons. The van der Waals surface area contributed by atoms with Gasteiger partial charge in [-0.1, -0.05) is 17.7 Å². The van der Waals surface area contributed by atoms with Crippen molar-refractivity contribution >= 4 is 11.7 Å². The van der Waals surface area contributed by atoms with Gasteiger partial charge in [0.05, 0.1) is 13.0 Å². The maximum absolute atomic E-state index is 12.2. The molecule has 0 spiro atoms. The summed E-state index contributed by atoms with van der Waals surface area (Å²) in [6, 6.07) is 4.08. The van der Waals surface area contributed by atoms with Gasteiger partial charge in [-0.3, -0.25) is 9.79 Å². The van der Waals surface area contributed by atoms with E-state index in [9.17, 15) is 4.79 Å². The fourth-order valence-electron chi connectivity index (χ4n) is 2.33. The number of carbonyl (C=O) groups excluding carboxylic acids is 1. The second-order valence-electron chi connectivity index (χ2n) is 4.50. The molecule has 1 heterocycles. The van der Waals surface area contributed by atoms with Crippen molar-refractivity contribution in [3.05, 3.63) is 34.4 Å². The van der Waals surface area contributed by atoms with Crippen molar-refractivity contribution in [2.24, 2.45) is 4.99 Å². The monoisotopic (exact) mass is 231 g/mol. The zero-order chi connectivity index (χ0) is 12.4. The molecule has 1 aliphatic heterocycles. The first kappa shape index (κ1) is 11.8. The molecule has 2 rings (SSSR count). The summed E-state index contributed by atoms with van der Waals surface area (Å²) in [6.45, 7) is 7.27. The zero-order valence-electron chi connectivity index (χ0n) is 10.5. The fourth-order valence-corrected chi connectivity index (χ4v) is 2.33. The Bertz CT molecular complexity index is 466. The average molecular weight is 231 g/mol. The lowest BCUT2D eigenvalue weighted by Crippen LogP contribution is -2.11. The van der Waals surface area contributed by atoms with Crippen molar-refractivity contribution in [2.45, 2.75) is 27.2 Å². The molecule has 3 heteroatoms. The van der Waals surface area contributed by atoms with Crippen LogP contribution in [-0.4, -0.2) is 24.8 Å². The molecule has 0 bridgehead atoms. The van der Waals surface area contributed by atoms with Crippen molar-refractivity contribution in [2.75, 3.05) is 13.2 Å². The molecule has 0 saturated carbocycles. The van der Waals surface area contributed by atoms with Crippen LogP contribution in [0.15, 0.2) is 17.1 Å². The highest BCUT2D eigenvalue weighted by molar-refractivity contribution is 6.09. The number of ketones is 1. The van der Waals surface area contributed by atoms with Crippen LogP contribution in [0.1, 0.15) is 33.5 Å². The first-order valence-electron chi connectivity index (χ1n) is 5.85. The summed E-state index contributed by atoms with van der Waals surface area (Å²) in [4.78, 5) is 16.3. The maximum Gasteiger partial charge on any atom is 0.191 e. The molecule has 0 aromatic heterocycles. The van der Waals surface area contributed by atoms with Gasteiger partial charge in [0.25, 0.3) is 0 Å². The lowest BCUT2D eigenvalue weighted by molar-refractivity contribution is 0.0993. The van der Waals surface area contributed by atoms with Gasteiger partial charge >= 0.3 is 0 Å². The van der Waals surface area contributed by atoms with Gasteiger partial charge in [0, 0.05) is 5.56 Å². The number of benzene rings is 1. The van der Waals surface area contributed by atoms with E-state index in [-0.39, 0.29) is 12.2 Å². The van der Waals surface area contributed by atoms with Crippen LogP contribution in [-0.2, 0) is 4.74 Å². The number of rotatable bonds is 3. The lowest BCUT2D eigenvalue weighted by atomic mass is 9.95. The summed E-state index contributed by atoms with van der Waals surface area (Å²) < 4.78 is 5.28. The molecule has 0 atom stereocenters. The van der Waals surface area contributed by atoms with Gasteiger partial charge in [0.15, 0.2) is 11.7 Å². The van der Waals surface area contributed by atoms with E-state index in [0.29, 0.717) is 19.0 Å². The van der Waals surface area contributed by atoms with E-state index in [4.69, 9.17) is 4.74 Å². The Kier molecular flexibility index (Phi) is 3.27. The second kappa shape index (κ2) is 4.70. The van der Waals surface area contributed by atoms with Gasteiger partial charge in [-0.25, -0.2) is 0 Å². The Morgan fingerprint density at radius 1 is 1.29 bits per heavy atom. The van der Waals surface area contributed by atoms with Crippen LogP contribution in [0.4, 0.5) is 0 Å². The average Bonchev–Trinajstić information content (AvgIpc) is 2.68. The van der Waals surface area contributed by atoms with E-state index in [1.807, 2.05) is 32.9 Å². The van der Waals surface area contributed by atoms with E-state index >= 15 is 0 Å². The highest BCUT2D eigenvalue weighted by Crippen LogP contribution is 2.19. The first-order valence-corrected chi connectivity index (χ1v) is 5.85. The van der Waals surface area contributed by atoms with Crippen LogP contribution >= 0.6 is 0 Å². The Morgan fingerprint density at radius 3 is 2.47 bits per heavy atom. The van der Waals surface area contributed by atoms with Crippen molar-refractivity contribution in [1.82, 2.24) is 0 Å². The van der Waals surface area contributed by atoms with E-state index in [1.165, 1.54) is 5.56 Å². The van der Waals surface area contributed by atoms with Crippen LogP contribution < -0.4 is 0 Å². The number of aryl methyl sites for hydroxylation is 3. The molecule has 0 fully saturated rings. The molecule has 1 aromatic rings. The molecule has 0 unspecified atom stereocenters. The highest BCUT2D eigenvalue weighted by atomic mass is 16.5. The second-order valence-corrected chi connectivity index (χ2v) is 4.50. The predicted octanol–water partition coefficient (Wildman–Crippen LogP) is 2.61. The van der Waals surface area contributed by atoms with E-state index < -0.39 is 0 Å². The number of nitrogens with zero attached hydrogens (tertiary/aromatic N) is 1. The number of ether oxygens (including phenoxy) is 1. The molecular weight excluding hydrogens is 214 g/mol. The first-order chi connectivity index (χ1) is 8.08. The van der Waals surface area contributed by atoms with Gasteiger partial charge in [-0.05, 0) is 31.9 Å². The molecule has 1 aliphatic rings. The molecule has 0 aliphatic carbocycles. The third kappa shape index (κ3) is 2.54. The minimum Gasteiger partial charge on any atom is -0.479 e. The summed E-state index contributed by atoms with van der Waals surface area (Å²) in [5, 5.41) is 0. The van der Waals surface area contributed by atoms with Crippen LogP contribution in [0.3, 0.4) is 0 Å². The Morgan fingerprint density at radius 2 is 1.94 bits per heavy atom. The van der Waals surface area contributed by atoms with Crippen molar-refractivity contribution in [1.29, 1.82) is 0 Å². The van der Waals surface area contributed by atoms with Crippen molar-refractivity contribution in [3.63, 3.8) is 0 Å². The summed E-state index contributed by atoms with van der Waals surface area (Å²) in [6.07, 6.45) is 0.282. The predicted molar refractivity (Wildman–Crippen MR) is 67.9 cm³/mol. The van der Waals surface area contributed by atoms with Crippen molar-refractivity contribution in [3.8, 4) is 0 Å². The Labute approximate surface area is 102 Å². The Hall–Kier alpha value is -1.64. The molecule has 0 amide bonds. The molecule has 17 heavy (non-hydrogen) atoms. The maximum atomic E-state index is 12.2. The number of hydrogen-bond acceptors (Lipinski definition) is 3. The normalized spacial score (nSPS) is 14.4. The summed E-state index contributed by atoms with van der Waals surface area (Å²) in [7, 11) is 0. The van der Waals surface area contributed by atoms with Crippen LogP contribution in [0.5, 0.6) is 0 Å². The number of aliphatic imine (C=N–C) groups is 1. The van der Waals surface area contributed by atoms with Crippen LogP contribution in [0.25, 0.3) is 0 Å². The smallest absolute Gasteiger partial charge is 0.191 e. The fraction of sp³-hybridized carbons (Fsp3) is 0.429. The highest BCUT2D eigenvalue weighted by Gasteiger charge is 2.17. The molecule has 90 valence electrons. The van der Waals surface area contributed by atoms with Gasteiger partial charge in [0.2, 0.25) is 0 Å². The topological polar surface area (TPSA) is 38.7 Å². The van der Waals surface area contributed by atoms with Gasteiger partial charge in [0.1, 0.15) is 6.61 Å². The number of hydrogen-bond donors (Lipinski definition) is 0. The minimum absolute atomic E-state index is 0.0978. The van der Waals surface area contributed by atoms with Crippen LogP contribution in [0.2, 0.25) is 0 Å². The van der Waals surface area contributed by atoms with Gasteiger partial charge < -0.3 is 4.74 Å². The number of Topliss-reactive ketones (excluding diaryl/α,β-unsaturated/α-hetero) is 1. The third-order valence-electron chi connectivity index (χ3n) is 2.92. The molecule has 1 aromatic carbocycles. The van der Waals surface area contributed by atoms with Gasteiger partial charge in [-0.15, -0.1) is 0 Å². The lowest BCUT2D eigenvalue weighted by Gasteiger charge is -2.10. The van der Waals surface area contributed by atoms with E-state index in [2.05, 4.69) is 4.99 Å². The third-order valence-corrected chi connectivity index (χ3v) is 2.92. The van der Waals surface area contributed by atoms with Crippen LogP contribution in [0, 0.1) is 20.8 Å².